The molecule has 0 aliphatic carbocycles. The standard InChI is InChI=1S/C22H21FN6O4/c1-12-16(23)7-13(19-27-21(33-28-19)14-10-29(11-14)22(31)32-2)8-18(12)26-20(30)15(9-24)17-5-3-4-6-25-17/h3-9,14H,10-11,24H2,1-2H3,(H,26,30)/b15-9+. The SMILES string of the molecule is COC(=O)N1CC(c2nc(-c3cc(F)c(C)c(NC(=O)/C(=C/N)c4ccccn4)c3)no2)C1. The fourth-order valence-corrected chi connectivity index (χ4v) is 3.36. The van der Waals surface area contributed by atoms with Gasteiger partial charge in [0.15, 0.2) is 0 Å². The lowest BCUT2D eigenvalue weighted by Crippen LogP contribution is -2.48. The number of carbonyl (C=O) groups excluding carboxylic acids is 2. The summed E-state index contributed by atoms with van der Waals surface area (Å²) in [4.78, 5) is 34.2. The molecule has 1 aliphatic heterocycles. The van der Waals surface area contributed by atoms with Gasteiger partial charge < -0.3 is 25.2 Å². The number of nitrogens with two attached hydrogens (primary N) is 1. The molecule has 3 heterocycles. The molecule has 0 saturated carbocycles. The first-order chi connectivity index (χ1) is 15.9. The summed E-state index contributed by atoms with van der Waals surface area (Å²) in [5.41, 5.74) is 6.95. The van der Waals surface area contributed by atoms with Crippen molar-refractivity contribution >= 4 is 23.3 Å². The minimum atomic E-state index is -0.550. The number of nitrogens with one attached hydrogen (secondary N) is 1. The van der Waals surface area contributed by atoms with E-state index in [4.69, 9.17) is 10.3 Å². The van der Waals surface area contributed by atoms with Crippen molar-refractivity contribution in [3.8, 4) is 11.4 Å². The van der Waals surface area contributed by atoms with Crippen molar-refractivity contribution in [1.29, 1.82) is 0 Å². The summed E-state index contributed by atoms with van der Waals surface area (Å²) in [6, 6.07) is 7.91. The van der Waals surface area contributed by atoms with Gasteiger partial charge in [-0.25, -0.2) is 9.18 Å². The monoisotopic (exact) mass is 452 g/mol. The molecule has 170 valence electrons. The average Bonchev–Trinajstić information content (AvgIpc) is 3.26. The molecule has 0 spiro atoms. The largest absolute Gasteiger partial charge is 0.453 e. The Bertz CT molecular complexity index is 1220. The Kier molecular flexibility index (Phi) is 6.03. The Morgan fingerprint density at radius 1 is 1.33 bits per heavy atom. The third kappa shape index (κ3) is 4.38. The van der Waals surface area contributed by atoms with Gasteiger partial charge in [0.1, 0.15) is 5.82 Å². The molecule has 33 heavy (non-hydrogen) atoms. The minimum Gasteiger partial charge on any atom is -0.453 e. The van der Waals surface area contributed by atoms with Gasteiger partial charge in [0, 0.05) is 42.3 Å². The number of benzene rings is 1. The van der Waals surface area contributed by atoms with Crippen LogP contribution in [0.1, 0.15) is 23.1 Å². The van der Waals surface area contributed by atoms with Crippen LogP contribution < -0.4 is 11.1 Å². The normalized spacial score (nSPS) is 14.0. The number of hydrogen-bond acceptors (Lipinski definition) is 8. The van der Waals surface area contributed by atoms with Crippen molar-refractivity contribution in [3.63, 3.8) is 0 Å². The van der Waals surface area contributed by atoms with Crippen LogP contribution in [0.25, 0.3) is 17.0 Å². The van der Waals surface area contributed by atoms with E-state index in [-0.39, 0.29) is 28.6 Å². The second-order valence-corrected chi connectivity index (χ2v) is 7.41. The van der Waals surface area contributed by atoms with Crippen LogP contribution >= 0.6 is 0 Å². The number of aromatic nitrogens is 3. The van der Waals surface area contributed by atoms with Crippen LogP contribution in [-0.4, -0.2) is 52.2 Å². The molecule has 0 radical (unpaired) electrons. The number of pyridine rings is 1. The van der Waals surface area contributed by atoms with Crippen LogP contribution in [0, 0.1) is 12.7 Å². The van der Waals surface area contributed by atoms with Gasteiger partial charge in [-0.3, -0.25) is 9.78 Å². The van der Waals surface area contributed by atoms with Crippen LogP contribution in [0.5, 0.6) is 0 Å². The molecule has 0 unspecified atom stereocenters. The number of rotatable bonds is 5. The van der Waals surface area contributed by atoms with Crippen LogP contribution in [-0.2, 0) is 9.53 Å². The van der Waals surface area contributed by atoms with E-state index < -0.39 is 17.8 Å². The summed E-state index contributed by atoms with van der Waals surface area (Å²) in [6.07, 6.45) is 2.26. The van der Waals surface area contributed by atoms with E-state index in [9.17, 15) is 14.0 Å². The van der Waals surface area contributed by atoms with Gasteiger partial charge in [0.05, 0.1) is 24.3 Å². The third-order valence-electron chi connectivity index (χ3n) is 5.31. The van der Waals surface area contributed by atoms with E-state index in [1.54, 1.807) is 31.2 Å². The minimum absolute atomic E-state index is 0.129. The number of amides is 2. The van der Waals surface area contributed by atoms with Crippen LogP contribution in [0.3, 0.4) is 0 Å². The lowest BCUT2D eigenvalue weighted by Gasteiger charge is -2.35. The number of hydrogen-bond donors (Lipinski definition) is 2. The second kappa shape index (κ2) is 9.07. The molecule has 2 aromatic heterocycles. The molecule has 1 fully saturated rings. The zero-order chi connectivity index (χ0) is 23.5. The quantitative estimate of drug-likeness (QED) is 0.564. The van der Waals surface area contributed by atoms with Gasteiger partial charge in [0.2, 0.25) is 11.7 Å². The molecule has 0 bridgehead atoms. The number of likely N-dealkylation sites (tertiary alicyclic amines) is 1. The molecule has 4 rings (SSSR count). The van der Waals surface area contributed by atoms with E-state index in [0.29, 0.717) is 30.2 Å². The number of nitrogens with zero attached hydrogens (tertiary/aromatic N) is 4. The fourth-order valence-electron chi connectivity index (χ4n) is 3.36. The topological polar surface area (TPSA) is 136 Å². The summed E-state index contributed by atoms with van der Waals surface area (Å²) in [5, 5.41) is 6.60. The maximum atomic E-state index is 14.7. The fraction of sp³-hybridized carbons (Fsp3) is 0.227. The van der Waals surface area contributed by atoms with Crippen molar-refractivity contribution in [1.82, 2.24) is 20.0 Å². The van der Waals surface area contributed by atoms with Gasteiger partial charge in [0.25, 0.3) is 5.91 Å². The molecule has 1 saturated heterocycles. The Morgan fingerprint density at radius 2 is 2.12 bits per heavy atom. The summed E-state index contributed by atoms with van der Waals surface area (Å²) >= 11 is 0. The van der Waals surface area contributed by atoms with Crippen molar-refractivity contribution in [2.24, 2.45) is 5.73 Å². The van der Waals surface area contributed by atoms with Crippen molar-refractivity contribution in [2.75, 3.05) is 25.5 Å². The Morgan fingerprint density at radius 3 is 2.79 bits per heavy atom. The average molecular weight is 452 g/mol. The van der Waals surface area contributed by atoms with Crippen LogP contribution in [0.4, 0.5) is 14.9 Å². The second-order valence-electron chi connectivity index (χ2n) is 7.41. The molecule has 1 aliphatic rings. The summed E-state index contributed by atoms with van der Waals surface area (Å²) in [7, 11) is 1.31. The molecule has 10 nitrogen and oxygen atoms in total. The first-order valence-corrected chi connectivity index (χ1v) is 10.0. The highest BCUT2D eigenvalue weighted by atomic mass is 19.1. The smallest absolute Gasteiger partial charge is 0.409 e. The van der Waals surface area contributed by atoms with Crippen molar-refractivity contribution < 1.29 is 23.2 Å². The predicted molar refractivity (Wildman–Crippen MR) is 116 cm³/mol. The third-order valence-corrected chi connectivity index (χ3v) is 5.31. The van der Waals surface area contributed by atoms with Crippen LogP contribution in [0.2, 0.25) is 0 Å². The molecule has 11 heteroatoms. The van der Waals surface area contributed by atoms with Gasteiger partial charge in [-0.1, -0.05) is 11.2 Å². The lowest BCUT2D eigenvalue weighted by atomic mass is 10.0. The van der Waals surface area contributed by atoms with E-state index >= 15 is 0 Å². The van der Waals surface area contributed by atoms with E-state index in [2.05, 4.69) is 25.2 Å². The van der Waals surface area contributed by atoms with E-state index in [1.165, 1.54) is 24.3 Å². The van der Waals surface area contributed by atoms with E-state index in [1.807, 2.05) is 0 Å². The van der Waals surface area contributed by atoms with Gasteiger partial charge in [-0.15, -0.1) is 0 Å². The Labute approximate surface area is 188 Å². The van der Waals surface area contributed by atoms with Crippen molar-refractivity contribution in [2.45, 2.75) is 12.8 Å². The molecule has 3 aromatic rings. The summed E-state index contributed by atoms with van der Waals surface area (Å²) < 4.78 is 24.6. The highest BCUT2D eigenvalue weighted by molar-refractivity contribution is 6.24. The highest BCUT2D eigenvalue weighted by Crippen LogP contribution is 2.30. The maximum absolute atomic E-state index is 14.7. The first-order valence-electron chi connectivity index (χ1n) is 10.0. The summed E-state index contributed by atoms with van der Waals surface area (Å²) in [6.45, 7) is 2.32. The number of methoxy groups -OCH3 is 1. The predicted octanol–water partition coefficient (Wildman–Crippen LogP) is 2.68. The number of carbonyl (C=O) groups is 2. The summed E-state index contributed by atoms with van der Waals surface area (Å²) in [5.74, 6) is -0.723. The number of halogens is 1. The van der Waals surface area contributed by atoms with Crippen LogP contribution in [0.15, 0.2) is 47.3 Å². The zero-order valence-corrected chi connectivity index (χ0v) is 17.9. The molecule has 2 amide bonds. The molecule has 1 aromatic carbocycles. The highest BCUT2D eigenvalue weighted by Gasteiger charge is 2.36. The number of ether oxygens (including phenoxy) is 1. The molecular weight excluding hydrogens is 431 g/mol. The molecule has 3 N–H and O–H groups in total. The lowest BCUT2D eigenvalue weighted by molar-refractivity contribution is -0.111. The van der Waals surface area contributed by atoms with Crippen molar-refractivity contribution in [3.05, 3.63) is 65.7 Å². The van der Waals surface area contributed by atoms with E-state index in [0.717, 1.165) is 6.20 Å². The Hall–Kier alpha value is -4.28. The molecular formula is C22H21FN6O4. The molecule has 0 atom stereocenters. The first kappa shape index (κ1) is 21.9. The van der Waals surface area contributed by atoms with Gasteiger partial charge >= 0.3 is 6.09 Å². The van der Waals surface area contributed by atoms with Gasteiger partial charge in [-0.2, -0.15) is 4.98 Å². The maximum Gasteiger partial charge on any atom is 0.409 e. The number of anilines is 1. The zero-order valence-electron chi connectivity index (χ0n) is 17.9. The Balaban J connectivity index is 1.54. The van der Waals surface area contributed by atoms with Gasteiger partial charge in [-0.05, 0) is 31.2 Å².